The fraction of sp³-hybridized carbons (Fsp3) is 0.0769. The van der Waals surface area contributed by atoms with Crippen LogP contribution in [0.4, 0.5) is 10.1 Å². The molecule has 0 spiro atoms. The molecule has 96 valence electrons. The van der Waals surface area contributed by atoms with Crippen molar-refractivity contribution in [2.45, 2.75) is 6.54 Å². The second kappa shape index (κ2) is 5.87. The zero-order chi connectivity index (χ0) is 13.8. The second-order valence-electron chi connectivity index (χ2n) is 3.76. The highest BCUT2D eigenvalue weighted by atomic mass is 35.5. The van der Waals surface area contributed by atoms with E-state index in [1.54, 1.807) is 18.3 Å². The van der Waals surface area contributed by atoms with Crippen LogP contribution in [0.1, 0.15) is 11.3 Å². The van der Waals surface area contributed by atoms with Crippen LogP contribution in [-0.2, 0) is 6.54 Å². The van der Waals surface area contributed by atoms with E-state index >= 15 is 0 Å². The topological polar surface area (TPSA) is 48.7 Å². The highest BCUT2D eigenvalue weighted by molar-refractivity contribution is 6.39. The third kappa shape index (κ3) is 3.34. The van der Waals surface area contributed by atoms with Crippen molar-refractivity contribution in [2.24, 2.45) is 0 Å². The Labute approximate surface area is 119 Å². The van der Waals surface area contributed by atoms with Gasteiger partial charge in [-0.2, -0.15) is 5.26 Å². The number of benzene rings is 1. The maximum absolute atomic E-state index is 13.0. The minimum atomic E-state index is -0.490. The molecule has 0 radical (unpaired) electrons. The molecule has 0 bridgehead atoms. The molecule has 1 aromatic carbocycles. The highest BCUT2D eigenvalue weighted by Crippen LogP contribution is 2.31. The van der Waals surface area contributed by atoms with E-state index in [0.29, 0.717) is 17.9 Å². The molecule has 19 heavy (non-hydrogen) atoms. The fourth-order valence-electron chi connectivity index (χ4n) is 1.55. The zero-order valence-electron chi connectivity index (χ0n) is 9.62. The SMILES string of the molecule is N#Cc1cc(CNc2c(Cl)cc(F)cc2Cl)ccn1. The quantitative estimate of drug-likeness (QED) is 0.931. The zero-order valence-corrected chi connectivity index (χ0v) is 11.1. The Morgan fingerprint density at radius 1 is 1.26 bits per heavy atom. The summed E-state index contributed by atoms with van der Waals surface area (Å²) in [4.78, 5) is 3.87. The summed E-state index contributed by atoms with van der Waals surface area (Å²) in [5.41, 5.74) is 1.64. The summed E-state index contributed by atoms with van der Waals surface area (Å²) in [6.07, 6.45) is 1.55. The number of hydrogen-bond donors (Lipinski definition) is 1. The van der Waals surface area contributed by atoms with Gasteiger partial charge < -0.3 is 5.32 Å². The summed E-state index contributed by atoms with van der Waals surface area (Å²) >= 11 is 11.8. The Balaban J connectivity index is 2.17. The van der Waals surface area contributed by atoms with Gasteiger partial charge in [0.2, 0.25) is 0 Å². The van der Waals surface area contributed by atoms with Gasteiger partial charge in [-0.25, -0.2) is 9.37 Å². The van der Waals surface area contributed by atoms with Gasteiger partial charge in [-0.05, 0) is 29.8 Å². The summed E-state index contributed by atoms with van der Waals surface area (Å²) in [5, 5.41) is 12.2. The molecule has 0 saturated heterocycles. The summed E-state index contributed by atoms with van der Waals surface area (Å²) < 4.78 is 13.0. The van der Waals surface area contributed by atoms with Crippen LogP contribution in [-0.4, -0.2) is 4.98 Å². The lowest BCUT2D eigenvalue weighted by Gasteiger charge is -2.10. The first kappa shape index (κ1) is 13.6. The molecule has 0 aliphatic rings. The lowest BCUT2D eigenvalue weighted by Crippen LogP contribution is -2.02. The van der Waals surface area contributed by atoms with Gasteiger partial charge >= 0.3 is 0 Å². The van der Waals surface area contributed by atoms with Crippen molar-refractivity contribution in [3.8, 4) is 6.07 Å². The molecule has 1 heterocycles. The number of pyridine rings is 1. The first-order valence-corrected chi connectivity index (χ1v) is 6.09. The van der Waals surface area contributed by atoms with Crippen LogP contribution in [0.15, 0.2) is 30.5 Å². The van der Waals surface area contributed by atoms with E-state index in [0.717, 1.165) is 5.56 Å². The number of anilines is 1. The van der Waals surface area contributed by atoms with Gasteiger partial charge in [-0.1, -0.05) is 23.2 Å². The van der Waals surface area contributed by atoms with Crippen molar-refractivity contribution in [3.05, 3.63) is 57.6 Å². The van der Waals surface area contributed by atoms with E-state index in [4.69, 9.17) is 28.5 Å². The van der Waals surface area contributed by atoms with Crippen molar-refractivity contribution < 1.29 is 4.39 Å². The smallest absolute Gasteiger partial charge is 0.140 e. The molecule has 1 N–H and O–H groups in total. The Morgan fingerprint density at radius 3 is 2.58 bits per heavy atom. The lowest BCUT2D eigenvalue weighted by molar-refractivity contribution is 0.628. The minimum Gasteiger partial charge on any atom is -0.379 e. The molecule has 6 heteroatoms. The summed E-state index contributed by atoms with van der Waals surface area (Å²) in [6, 6.07) is 7.74. The monoisotopic (exact) mass is 295 g/mol. The van der Waals surface area contributed by atoms with E-state index in [2.05, 4.69) is 10.3 Å². The molecule has 0 amide bonds. The maximum Gasteiger partial charge on any atom is 0.140 e. The van der Waals surface area contributed by atoms with Gasteiger partial charge in [-0.3, -0.25) is 0 Å². The minimum absolute atomic E-state index is 0.208. The number of nitrogens with one attached hydrogen (secondary N) is 1. The molecule has 0 unspecified atom stereocenters. The third-order valence-corrected chi connectivity index (χ3v) is 3.01. The van der Waals surface area contributed by atoms with Crippen molar-refractivity contribution in [1.82, 2.24) is 4.98 Å². The Hall–Kier alpha value is -1.83. The molecule has 0 aliphatic carbocycles. The van der Waals surface area contributed by atoms with Crippen molar-refractivity contribution in [2.75, 3.05) is 5.32 Å². The molecule has 1 aromatic heterocycles. The van der Waals surface area contributed by atoms with Crippen LogP contribution in [0.3, 0.4) is 0 Å². The summed E-state index contributed by atoms with van der Waals surface area (Å²) in [6.45, 7) is 0.405. The summed E-state index contributed by atoms with van der Waals surface area (Å²) in [7, 11) is 0. The maximum atomic E-state index is 13.0. The van der Waals surface area contributed by atoms with Gasteiger partial charge in [-0.15, -0.1) is 0 Å². The predicted octanol–water partition coefficient (Wildman–Crippen LogP) is 4.01. The fourth-order valence-corrected chi connectivity index (χ4v) is 2.14. The molecular formula is C13H8Cl2FN3. The number of nitrogens with zero attached hydrogens (tertiary/aromatic N) is 2. The number of aromatic nitrogens is 1. The van der Waals surface area contributed by atoms with Gasteiger partial charge in [0.05, 0.1) is 15.7 Å². The van der Waals surface area contributed by atoms with Crippen LogP contribution in [0.25, 0.3) is 0 Å². The van der Waals surface area contributed by atoms with E-state index in [1.165, 1.54) is 12.1 Å². The first-order chi connectivity index (χ1) is 9.10. The number of halogens is 3. The van der Waals surface area contributed by atoms with E-state index in [-0.39, 0.29) is 10.0 Å². The van der Waals surface area contributed by atoms with Crippen LogP contribution in [0.2, 0.25) is 10.0 Å². The normalized spacial score (nSPS) is 10.0. The average Bonchev–Trinajstić information content (AvgIpc) is 2.37. The van der Waals surface area contributed by atoms with Gasteiger partial charge in [0, 0.05) is 12.7 Å². The van der Waals surface area contributed by atoms with Crippen molar-refractivity contribution in [3.63, 3.8) is 0 Å². The predicted molar refractivity (Wildman–Crippen MR) is 72.7 cm³/mol. The van der Waals surface area contributed by atoms with Crippen LogP contribution >= 0.6 is 23.2 Å². The molecular weight excluding hydrogens is 288 g/mol. The van der Waals surface area contributed by atoms with Crippen LogP contribution < -0.4 is 5.32 Å². The van der Waals surface area contributed by atoms with Crippen molar-refractivity contribution >= 4 is 28.9 Å². The molecule has 0 aliphatic heterocycles. The van der Waals surface area contributed by atoms with Gasteiger partial charge in [0.15, 0.2) is 0 Å². The summed E-state index contributed by atoms with van der Waals surface area (Å²) in [5.74, 6) is -0.490. The van der Waals surface area contributed by atoms with E-state index in [9.17, 15) is 4.39 Å². The number of hydrogen-bond acceptors (Lipinski definition) is 3. The Morgan fingerprint density at radius 2 is 1.95 bits per heavy atom. The Bertz CT molecular complexity index is 630. The first-order valence-electron chi connectivity index (χ1n) is 5.33. The molecule has 0 saturated carbocycles. The number of nitriles is 1. The molecule has 0 fully saturated rings. The number of rotatable bonds is 3. The van der Waals surface area contributed by atoms with Gasteiger partial charge in [0.1, 0.15) is 17.6 Å². The molecule has 3 nitrogen and oxygen atoms in total. The van der Waals surface area contributed by atoms with Gasteiger partial charge in [0.25, 0.3) is 0 Å². The largest absolute Gasteiger partial charge is 0.379 e. The molecule has 2 aromatic rings. The highest BCUT2D eigenvalue weighted by Gasteiger charge is 2.08. The standard InChI is InChI=1S/C13H8Cl2FN3/c14-11-4-9(16)5-12(15)13(11)19-7-8-1-2-18-10(3-8)6-17/h1-5,19H,7H2. The lowest BCUT2D eigenvalue weighted by atomic mass is 10.2. The van der Waals surface area contributed by atoms with Crippen molar-refractivity contribution in [1.29, 1.82) is 5.26 Å². The molecule has 0 atom stereocenters. The average molecular weight is 296 g/mol. The van der Waals surface area contributed by atoms with E-state index < -0.39 is 5.82 Å². The van der Waals surface area contributed by atoms with Crippen LogP contribution in [0.5, 0.6) is 0 Å². The third-order valence-electron chi connectivity index (χ3n) is 2.42. The Kier molecular flexibility index (Phi) is 4.20. The molecule has 2 rings (SSSR count). The van der Waals surface area contributed by atoms with E-state index in [1.807, 2.05) is 6.07 Å². The van der Waals surface area contributed by atoms with Crippen LogP contribution in [0, 0.1) is 17.1 Å². The second-order valence-corrected chi connectivity index (χ2v) is 4.57.